The van der Waals surface area contributed by atoms with Crippen molar-refractivity contribution in [2.45, 2.75) is 18.4 Å². The molecule has 0 aliphatic carbocycles. The predicted molar refractivity (Wildman–Crippen MR) is 99.2 cm³/mol. The summed E-state index contributed by atoms with van der Waals surface area (Å²) >= 11 is 6.17. The molecule has 0 radical (unpaired) electrons. The highest BCUT2D eigenvalue weighted by Crippen LogP contribution is 2.31. The number of pyridine rings is 2. The number of nitrogens with one attached hydrogen (secondary N) is 1. The molecule has 1 aliphatic heterocycles. The van der Waals surface area contributed by atoms with Crippen molar-refractivity contribution in [1.82, 2.24) is 9.97 Å². The Kier molecular flexibility index (Phi) is 5.88. The fraction of sp³-hybridized carbons (Fsp3) is 0.389. The Morgan fingerprint density at radius 3 is 2.85 bits per heavy atom. The van der Waals surface area contributed by atoms with Gasteiger partial charge in [0.15, 0.2) is 11.6 Å². The van der Waals surface area contributed by atoms with Gasteiger partial charge in [-0.05, 0) is 12.1 Å². The summed E-state index contributed by atoms with van der Waals surface area (Å²) < 4.78 is 25.6. The van der Waals surface area contributed by atoms with Gasteiger partial charge in [-0.15, -0.1) is 0 Å². The van der Waals surface area contributed by atoms with E-state index in [-0.39, 0.29) is 22.1 Å². The fourth-order valence-electron chi connectivity index (χ4n) is 3.01. The maximum Gasteiger partial charge on any atom is 0.251 e. The number of nitrogens with zero attached hydrogens (tertiary/aromatic N) is 2. The first kappa shape index (κ1) is 19.5. The van der Waals surface area contributed by atoms with Crippen LogP contribution in [0, 0.1) is 5.82 Å². The highest BCUT2D eigenvalue weighted by Gasteiger charge is 2.33. The SMILES string of the molecule is COC1(CNc2nc(-c3ccncc3Cl)c(C(N)=O)cc2F)CCOCC1. The number of nitrogens with two attached hydrogens (primary N) is 1. The summed E-state index contributed by atoms with van der Waals surface area (Å²) in [7, 11) is 1.62. The zero-order chi connectivity index (χ0) is 19.4. The quantitative estimate of drug-likeness (QED) is 0.781. The van der Waals surface area contributed by atoms with Crippen molar-refractivity contribution < 1.29 is 18.7 Å². The molecule has 27 heavy (non-hydrogen) atoms. The van der Waals surface area contributed by atoms with E-state index in [0.717, 1.165) is 6.07 Å². The Hall–Kier alpha value is -2.29. The van der Waals surface area contributed by atoms with Crippen molar-refractivity contribution in [3.8, 4) is 11.3 Å². The maximum absolute atomic E-state index is 14.5. The van der Waals surface area contributed by atoms with Crippen LogP contribution in [0.15, 0.2) is 24.5 Å². The van der Waals surface area contributed by atoms with Crippen molar-refractivity contribution in [3.63, 3.8) is 0 Å². The molecule has 2 aromatic heterocycles. The number of anilines is 1. The smallest absolute Gasteiger partial charge is 0.251 e. The van der Waals surface area contributed by atoms with Gasteiger partial charge in [-0.25, -0.2) is 9.37 Å². The number of ether oxygens (including phenoxy) is 2. The van der Waals surface area contributed by atoms with Crippen molar-refractivity contribution in [2.75, 3.05) is 32.2 Å². The molecule has 0 bridgehead atoms. The van der Waals surface area contributed by atoms with Gasteiger partial charge in [0.25, 0.3) is 5.91 Å². The fourth-order valence-corrected chi connectivity index (χ4v) is 3.22. The largest absolute Gasteiger partial charge is 0.381 e. The summed E-state index contributed by atoms with van der Waals surface area (Å²) in [5, 5.41) is 3.27. The second-order valence-electron chi connectivity index (χ2n) is 6.29. The van der Waals surface area contributed by atoms with Crippen LogP contribution in [0.2, 0.25) is 5.02 Å². The van der Waals surface area contributed by atoms with Crippen LogP contribution in [0.3, 0.4) is 0 Å². The number of carbonyl (C=O) groups is 1. The summed E-state index contributed by atoms with van der Waals surface area (Å²) in [5.41, 5.74) is 5.50. The number of hydrogen-bond donors (Lipinski definition) is 2. The molecule has 1 aliphatic rings. The maximum atomic E-state index is 14.5. The molecule has 3 N–H and O–H groups in total. The molecule has 1 fully saturated rings. The molecule has 0 saturated carbocycles. The minimum atomic E-state index is -0.798. The molecule has 9 heteroatoms. The van der Waals surface area contributed by atoms with Crippen molar-refractivity contribution in [2.24, 2.45) is 5.73 Å². The number of rotatable bonds is 6. The van der Waals surface area contributed by atoms with Crippen LogP contribution < -0.4 is 11.1 Å². The van der Waals surface area contributed by atoms with E-state index in [1.807, 2.05) is 0 Å². The van der Waals surface area contributed by atoms with Crippen LogP contribution in [-0.2, 0) is 9.47 Å². The average molecular weight is 395 g/mol. The summed E-state index contributed by atoms with van der Waals surface area (Å²) in [4.78, 5) is 20.0. The molecule has 1 amide bonds. The van der Waals surface area contributed by atoms with Crippen molar-refractivity contribution >= 4 is 23.3 Å². The first-order valence-corrected chi connectivity index (χ1v) is 8.80. The zero-order valence-electron chi connectivity index (χ0n) is 14.8. The highest BCUT2D eigenvalue weighted by molar-refractivity contribution is 6.33. The standard InChI is InChI=1S/C18H20ClFN4O3/c1-26-18(3-6-27-7-4-18)10-23-17-14(20)8-12(16(21)25)15(24-17)11-2-5-22-9-13(11)19/h2,5,8-9H,3-4,6-7,10H2,1H3,(H2,21,25)(H,23,24). The monoisotopic (exact) mass is 394 g/mol. The Morgan fingerprint density at radius 1 is 1.48 bits per heavy atom. The van der Waals surface area contributed by atoms with Crippen molar-refractivity contribution in [3.05, 3.63) is 40.9 Å². The van der Waals surface area contributed by atoms with E-state index in [2.05, 4.69) is 15.3 Å². The number of methoxy groups -OCH3 is 1. The lowest BCUT2D eigenvalue weighted by Gasteiger charge is -2.36. The third kappa shape index (κ3) is 4.18. The number of amides is 1. The average Bonchev–Trinajstić information content (AvgIpc) is 2.68. The van der Waals surface area contributed by atoms with Crippen LogP contribution in [-0.4, -0.2) is 48.3 Å². The molecule has 3 rings (SSSR count). The first-order chi connectivity index (χ1) is 13.0. The summed E-state index contributed by atoms with van der Waals surface area (Å²) in [6, 6.07) is 2.65. The number of carbonyl (C=O) groups excluding carboxylic acids is 1. The van der Waals surface area contributed by atoms with E-state index < -0.39 is 17.3 Å². The summed E-state index contributed by atoms with van der Waals surface area (Å²) in [6.45, 7) is 1.49. The molecule has 1 saturated heterocycles. The molecule has 2 aromatic rings. The van der Waals surface area contributed by atoms with Crippen LogP contribution in [0.4, 0.5) is 10.2 Å². The second-order valence-corrected chi connectivity index (χ2v) is 6.70. The van der Waals surface area contributed by atoms with E-state index in [1.54, 1.807) is 13.2 Å². The van der Waals surface area contributed by atoms with E-state index in [1.165, 1.54) is 12.4 Å². The van der Waals surface area contributed by atoms with E-state index in [9.17, 15) is 9.18 Å². The third-order valence-electron chi connectivity index (χ3n) is 4.68. The minimum Gasteiger partial charge on any atom is -0.381 e. The van der Waals surface area contributed by atoms with Crippen LogP contribution in [0.5, 0.6) is 0 Å². The lowest BCUT2D eigenvalue weighted by atomic mass is 9.94. The lowest BCUT2D eigenvalue weighted by Crippen LogP contribution is -2.44. The van der Waals surface area contributed by atoms with Crippen LogP contribution in [0.1, 0.15) is 23.2 Å². The lowest BCUT2D eigenvalue weighted by molar-refractivity contribution is -0.0807. The Bertz CT molecular complexity index is 843. The molecule has 0 aromatic carbocycles. The van der Waals surface area contributed by atoms with Crippen LogP contribution in [0.25, 0.3) is 11.3 Å². The van der Waals surface area contributed by atoms with Gasteiger partial charge in [0.2, 0.25) is 0 Å². The topological polar surface area (TPSA) is 99.4 Å². The molecular weight excluding hydrogens is 375 g/mol. The third-order valence-corrected chi connectivity index (χ3v) is 4.99. The van der Waals surface area contributed by atoms with Gasteiger partial charge >= 0.3 is 0 Å². The molecule has 0 unspecified atom stereocenters. The Morgan fingerprint density at radius 2 is 2.22 bits per heavy atom. The molecule has 3 heterocycles. The summed E-state index contributed by atoms with van der Waals surface area (Å²) in [5.74, 6) is -1.49. The molecule has 7 nitrogen and oxygen atoms in total. The predicted octanol–water partition coefficient (Wildman–Crippen LogP) is 2.64. The van der Waals surface area contributed by atoms with Crippen molar-refractivity contribution in [1.29, 1.82) is 0 Å². The minimum absolute atomic E-state index is 0.00852. The second kappa shape index (κ2) is 8.16. The first-order valence-electron chi connectivity index (χ1n) is 8.43. The number of primary amides is 1. The molecule has 0 atom stereocenters. The Balaban J connectivity index is 1.95. The molecule has 144 valence electrons. The number of halogens is 2. The van der Waals surface area contributed by atoms with E-state index >= 15 is 0 Å². The normalized spacial score (nSPS) is 16.1. The van der Waals surface area contributed by atoms with Gasteiger partial charge < -0.3 is 20.5 Å². The van der Waals surface area contributed by atoms with Gasteiger partial charge in [0, 0.05) is 57.7 Å². The van der Waals surface area contributed by atoms with Gasteiger partial charge in [0.05, 0.1) is 21.9 Å². The highest BCUT2D eigenvalue weighted by atomic mass is 35.5. The molecular formula is C18H20ClFN4O3. The number of aromatic nitrogens is 2. The molecule has 0 spiro atoms. The van der Waals surface area contributed by atoms with Gasteiger partial charge in [-0.2, -0.15) is 0 Å². The van der Waals surface area contributed by atoms with E-state index in [0.29, 0.717) is 38.2 Å². The Labute approximate surface area is 161 Å². The van der Waals surface area contributed by atoms with Crippen LogP contribution >= 0.6 is 11.6 Å². The van der Waals surface area contributed by atoms with E-state index in [4.69, 9.17) is 26.8 Å². The van der Waals surface area contributed by atoms with Gasteiger partial charge in [-0.1, -0.05) is 11.6 Å². The van der Waals surface area contributed by atoms with Gasteiger partial charge in [-0.3, -0.25) is 9.78 Å². The zero-order valence-corrected chi connectivity index (χ0v) is 15.6. The van der Waals surface area contributed by atoms with Gasteiger partial charge in [0.1, 0.15) is 0 Å². The summed E-state index contributed by atoms with van der Waals surface area (Å²) in [6.07, 6.45) is 4.29. The number of hydrogen-bond acceptors (Lipinski definition) is 6.